The Kier molecular flexibility index (Phi) is 1.37. The van der Waals surface area contributed by atoms with Gasteiger partial charge in [0.1, 0.15) is 0 Å². The van der Waals surface area contributed by atoms with Gasteiger partial charge in [-0.25, -0.2) is 0 Å². The van der Waals surface area contributed by atoms with E-state index in [0.29, 0.717) is 5.15 Å². The Morgan fingerprint density at radius 1 is 1.67 bits per heavy atom. The fourth-order valence-corrected chi connectivity index (χ4v) is 0.734. The molecule has 0 spiro atoms. The van der Waals surface area contributed by atoms with E-state index in [4.69, 9.17) is 16.7 Å². The third-order valence-electron chi connectivity index (χ3n) is 1.30. The molecule has 1 aromatic heterocycles. The lowest BCUT2D eigenvalue weighted by Crippen LogP contribution is -1.88. The van der Waals surface area contributed by atoms with Crippen LogP contribution in [0.2, 0.25) is 5.15 Å². The molecule has 1 heterocycles. The zero-order chi connectivity index (χ0) is 7.02. The van der Waals surface area contributed by atoms with E-state index >= 15 is 0 Å². The van der Waals surface area contributed by atoms with Crippen molar-refractivity contribution in [2.24, 2.45) is 7.05 Å². The Balaban J connectivity index is 3.29. The fourth-order valence-electron chi connectivity index (χ4n) is 0.532. The van der Waals surface area contributed by atoms with Crippen LogP contribution in [0.5, 0.6) is 6.01 Å². The SMILES string of the molecule is Cc1c(Cl)nc(O)n1C. The van der Waals surface area contributed by atoms with Gasteiger partial charge in [-0.1, -0.05) is 11.6 Å². The van der Waals surface area contributed by atoms with Crippen LogP contribution in [0, 0.1) is 6.92 Å². The number of hydrogen-bond acceptors (Lipinski definition) is 2. The minimum Gasteiger partial charge on any atom is -0.480 e. The quantitative estimate of drug-likeness (QED) is 0.595. The van der Waals surface area contributed by atoms with E-state index in [9.17, 15) is 0 Å². The highest BCUT2D eigenvalue weighted by molar-refractivity contribution is 6.30. The number of nitrogens with zero attached hydrogens (tertiary/aromatic N) is 2. The molecule has 0 atom stereocenters. The monoisotopic (exact) mass is 146 g/mol. The number of halogens is 1. The predicted molar refractivity (Wildman–Crippen MR) is 34.6 cm³/mol. The summed E-state index contributed by atoms with van der Waals surface area (Å²) in [6, 6.07) is -0.0440. The number of hydrogen-bond donors (Lipinski definition) is 1. The van der Waals surface area contributed by atoms with E-state index in [1.165, 1.54) is 4.57 Å². The predicted octanol–water partition coefficient (Wildman–Crippen LogP) is 1.09. The van der Waals surface area contributed by atoms with Crippen LogP contribution >= 0.6 is 11.6 Å². The zero-order valence-electron chi connectivity index (χ0n) is 5.22. The molecule has 0 saturated heterocycles. The van der Waals surface area contributed by atoms with Gasteiger partial charge in [-0.15, -0.1) is 0 Å². The largest absolute Gasteiger partial charge is 0.480 e. The minimum atomic E-state index is -0.0440. The molecule has 0 bridgehead atoms. The van der Waals surface area contributed by atoms with Crippen LogP contribution in [-0.4, -0.2) is 14.7 Å². The zero-order valence-corrected chi connectivity index (χ0v) is 5.98. The van der Waals surface area contributed by atoms with Crippen molar-refractivity contribution >= 4 is 11.6 Å². The Labute approximate surface area is 57.9 Å². The van der Waals surface area contributed by atoms with E-state index in [0.717, 1.165) is 5.69 Å². The summed E-state index contributed by atoms with van der Waals surface area (Å²) in [6.07, 6.45) is 0. The van der Waals surface area contributed by atoms with Gasteiger partial charge in [0, 0.05) is 7.05 Å². The molecule has 0 aromatic carbocycles. The van der Waals surface area contributed by atoms with Crippen molar-refractivity contribution in [2.75, 3.05) is 0 Å². The Bertz CT molecular complexity index is 209. The molecule has 1 rings (SSSR count). The summed E-state index contributed by atoms with van der Waals surface area (Å²) < 4.78 is 1.52. The van der Waals surface area contributed by atoms with E-state index in [1.807, 2.05) is 0 Å². The van der Waals surface area contributed by atoms with Gasteiger partial charge in [0.2, 0.25) is 0 Å². The van der Waals surface area contributed by atoms with Crippen molar-refractivity contribution in [1.29, 1.82) is 0 Å². The van der Waals surface area contributed by atoms with Crippen molar-refractivity contribution in [2.45, 2.75) is 6.92 Å². The first-order valence-electron chi connectivity index (χ1n) is 2.50. The van der Waals surface area contributed by atoms with Gasteiger partial charge >= 0.3 is 0 Å². The molecule has 0 unspecified atom stereocenters. The molecular formula is C5H7ClN2O. The highest BCUT2D eigenvalue weighted by Gasteiger charge is 2.05. The third kappa shape index (κ3) is 0.876. The number of rotatable bonds is 0. The van der Waals surface area contributed by atoms with Crippen molar-refractivity contribution in [1.82, 2.24) is 9.55 Å². The van der Waals surface area contributed by atoms with E-state index in [2.05, 4.69) is 4.98 Å². The van der Waals surface area contributed by atoms with Crippen LogP contribution in [0.15, 0.2) is 0 Å². The number of aromatic nitrogens is 2. The molecule has 0 amide bonds. The lowest BCUT2D eigenvalue weighted by molar-refractivity contribution is 0.410. The summed E-state index contributed by atoms with van der Waals surface area (Å²) in [4.78, 5) is 3.59. The van der Waals surface area contributed by atoms with Crippen LogP contribution in [0.4, 0.5) is 0 Å². The number of imidazole rings is 1. The molecule has 1 N–H and O–H groups in total. The molecule has 0 saturated carbocycles. The highest BCUT2D eigenvalue weighted by Crippen LogP contribution is 2.17. The van der Waals surface area contributed by atoms with E-state index in [-0.39, 0.29) is 6.01 Å². The Morgan fingerprint density at radius 2 is 2.22 bits per heavy atom. The summed E-state index contributed by atoms with van der Waals surface area (Å²) in [5.41, 5.74) is 0.772. The van der Waals surface area contributed by atoms with Crippen LogP contribution in [0.1, 0.15) is 5.69 Å². The highest BCUT2D eigenvalue weighted by atomic mass is 35.5. The maximum atomic E-state index is 8.89. The first kappa shape index (κ1) is 6.42. The lowest BCUT2D eigenvalue weighted by atomic mass is 10.5. The van der Waals surface area contributed by atoms with Crippen molar-refractivity contribution in [3.63, 3.8) is 0 Å². The maximum Gasteiger partial charge on any atom is 0.295 e. The average Bonchev–Trinajstić information content (AvgIpc) is 1.98. The smallest absolute Gasteiger partial charge is 0.295 e. The second kappa shape index (κ2) is 1.92. The van der Waals surface area contributed by atoms with E-state index in [1.54, 1.807) is 14.0 Å². The van der Waals surface area contributed by atoms with Gasteiger partial charge < -0.3 is 9.67 Å². The summed E-state index contributed by atoms with van der Waals surface area (Å²) in [7, 11) is 1.70. The van der Waals surface area contributed by atoms with Crippen LogP contribution in [0.25, 0.3) is 0 Å². The third-order valence-corrected chi connectivity index (χ3v) is 1.66. The minimum absolute atomic E-state index is 0.0440. The molecular weight excluding hydrogens is 140 g/mol. The molecule has 9 heavy (non-hydrogen) atoms. The van der Waals surface area contributed by atoms with Crippen LogP contribution in [0.3, 0.4) is 0 Å². The van der Waals surface area contributed by atoms with Gasteiger partial charge in [-0.2, -0.15) is 4.98 Å². The molecule has 0 radical (unpaired) electrons. The van der Waals surface area contributed by atoms with Gasteiger partial charge in [0.15, 0.2) is 5.15 Å². The maximum absolute atomic E-state index is 8.89. The van der Waals surface area contributed by atoms with Crippen molar-refractivity contribution in [3.8, 4) is 6.01 Å². The second-order valence-corrected chi connectivity index (χ2v) is 2.21. The lowest BCUT2D eigenvalue weighted by Gasteiger charge is -1.92. The number of aromatic hydroxyl groups is 1. The van der Waals surface area contributed by atoms with Gasteiger partial charge in [0.05, 0.1) is 5.69 Å². The van der Waals surface area contributed by atoms with Crippen molar-refractivity contribution in [3.05, 3.63) is 10.8 Å². The molecule has 3 nitrogen and oxygen atoms in total. The molecule has 4 heteroatoms. The van der Waals surface area contributed by atoms with E-state index < -0.39 is 0 Å². The van der Waals surface area contributed by atoms with Gasteiger partial charge in [-0.05, 0) is 6.92 Å². The summed E-state index contributed by atoms with van der Waals surface area (Å²) in [6.45, 7) is 1.79. The van der Waals surface area contributed by atoms with Crippen molar-refractivity contribution < 1.29 is 5.11 Å². The standard InChI is InChI=1S/C5H7ClN2O/c1-3-4(6)7-5(9)8(3)2/h1-2H3,(H,7,9). The summed E-state index contributed by atoms with van der Waals surface area (Å²) in [5.74, 6) is 0. The summed E-state index contributed by atoms with van der Waals surface area (Å²) >= 11 is 5.54. The summed E-state index contributed by atoms with van der Waals surface area (Å²) in [5, 5.41) is 9.24. The first-order valence-corrected chi connectivity index (χ1v) is 2.88. The second-order valence-electron chi connectivity index (χ2n) is 1.85. The topological polar surface area (TPSA) is 38.1 Å². The first-order chi connectivity index (χ1) is 4.13. The molecule has 1 aromatic rings. The molecule has 0 aliphatic heterocycles. The molecule has 0 aliphatic carbocycles. The fraction of sp³-hybridized carbons (Fsp3) is 0.400. The van der Waals surface area contributed by atoms with Gasteiger partial charge in [0.25, 0.3) is 6.01 Å². The molecule has 0 aliphatic rings. The average molecular weight is 147 g/mol. The molecule has 0 fully saturated rings. The Hall–Kier alpha value is -0.700. The van der Waals surface area contributed by atoms with Crippen LogP contribution < -0.4 is 0 Å². The van der Waals surface area contributed by atoms with Crippen LogP contribution in [-0.2, 0) is 7.05 Å². The van der Waals surface area contributed by atoms with Gasteiger partial charge in [-0.3, -0.25) is 0 Å². The molecule has 50 valence electrons. The Morgan fingerprint density at radius 3 is 2.33 bits per heavy atom. The normalized spacial score (nSPS) is 10.1.